The van der Waals surface area contributed by atoms with Crippen LogP contribution >= 0.6 is 0 Å². The number of carbonyl (C=O) groups is 2. The van der Waals surface area contributed by atoms with Crippen molar-refractivity contribution in [3.63, 3.8) is 0 Å². The first kappa shape index (κ1) is 16.9. The minimum Gasteiger partial charge on any atom is -0.247 e. The first-order chi connectivity index (χ1) is 8.47. The lowest BCUT2D eigenvalue weighted by Crippen LogP contribution is -2.17. The summed E-state index contributed by atoms with van der Waals surface area (Å²) in [5, 5.41) is 0. The van der Waals surface area contributed by atoms with Gasteiger partial charge in [0.05, 0.1) is 12.3 Å². The topological polar surface area (TPSA) is 52.6 Å². The van der Waals surface area contributed by atoms with Crippen LogP contribution in [0, 0.1) is 11.8 Å². The molecular formula is C14H26O4. The molecule has 106 valence electrons. The number of carbonyl (C=O) groups excluding carboxylic acids is 2. The molecule has 0 amide bonds. The Morgan fingerprint density at radius 1 is 1.00 bits per heavy atom. The van der Waals surface area contributed by atoms with E-state index in [1.165, 1.54) is 6.42 Å². The van der Waals surface area contributed by atoms with E-state index in [0.29, 0.717) is 18.8 Å². The number of unbranched alkanes of at least 4 members (excludes halogenated alkanes) is 2. The molecule has 0 fully saturated rings. The van der Waals surface area contributed by atoms with Crippen LogP contribution in [0.15, 0.2) is 0 Å². The zero-order valence-electron chi connectivity index (χ0n) is 12.0. The van der Waals surface area contributed by atoms with Gasteiger partial charge in [-0.1, -0.05) is 47.0 Å². The summed E-state index contributed by atoms with van der Waals surface area (Å²) in [6.07, 6.45) is 5.08. The molecule has 18 heavy (non-hydrogen) atoms. The summed E-state index contributed by atoms with van der Waals surface area (Å²) in [7, 11) is 0. The van der Waals surface area contributed by atoms with E-state index in [0.717, 1.165) is 19.3 Å². The molecule has 0 saturated heterocycles. The largest absolute Gasteiger partial charge is 0.358 e. The zero-order valence-corrected chi connectivity index (χ0v) is 12.0. The van der Waals surface area contributed by atoms with Crippen molar-refractivity contribution in [1.82, 2.24) is 0 Å². The molecule has 0 aliphatic rings. The molecular weight excluding hydrogens is 232 g/mol. The molecule has 0 radical (unpaired) electrons. The molecule has 0 aromatic heterocycles. The monoisotopic (exact) mass is 258 g/mol. The average Bonchev–Trinajstić information content (AvgIpc) is 2.34. The lowest BCUT2D eigenvalue weighted by atomic mass is 10.0. The van der Waals surface area contributed by atoms with Crippen molar-refractivity contribution in [1.29, 1.82) is 0 Å². The van der Waals surface area contributed by atoms with Gasteiger partial charge in [0, 0.05) is 0 Å². The summed E-state index contributed by atoms with van der Waals surface area (Å²) in [6, 6.07) is 0. The summed E-state index contributed by atoms with van der Waals surface area (Å²) < 4.78 is 0. The summed E-state index contributed by atoms with van der Waals surface area (Å²) in [5.41, 5.74) is 0. The molecule has 0 heterocycles. The molecule has 0 saturated carbocycles. The maximum absolute atomic E-state index is 11.3. The van der Waals surface area contributed by atoms with E-state index < -0.39 is 11.9 Å². The van der Waals surface area contributed by atoms with Crippen molar-refractivity contribution in [3.8, 4) is 0 Å². The SMILES string of the molecule is CCC(C)C(=O)OOC(=O)CCCCCC(C)C. The summed E-state index contributed by atoms with van der Waals surface area (Å²) in [4.78, 5) is 31.4. The third kappa shape index (κ3) is 9.02. The van der Waals surface area contributed by atoms with Crippen molar-refractivity contribution in [3.05, 3.63) is 0 Å². The third-order valence-corrected chi connectivity index (χ3v) is 2.89. The van der Waals surface area contributed by atoms with E-state index in [1.54, 1.807) is 6.92 Å². The van der Waals surface area contributed by atoms with E-state index in [1.807, 2.05) is 6.92 Å². The lowest BCUT2D eigenvalue weighted by Gasteiger charge is -2.07. The quantitative estimate of drug-likeness (QED) is 0.379. The van der Waals surface area contributed by atoms with E-state index in [4.69, 9.17) is 0 Å². The van der Waals surface area contributed by atoms with E-state index in [9.17, 15) is 9.59 Å². The van der Waals surface area contributed by atoms with Crippen LogP contribution in [0.3, 0.4) is 0 Å². The standard InChI is InChI=1S/C14H26O4/c1-5-12(4)14(16)18-17-13(15)10-8-6-7-9-11(2)3/h11-12H,5-10H2,1-4H3. The van der Waals surface area contributed by atoms with Crippen LogP contribution in [-0.4, -0.2) is 11.9 Å². The molecule has 1 atom stereocenters. The zero-order chi connectivity index (χ0) is 14.0. The van der Waals surface area contributed by atoms with E-state index in [2.05, 4.69) is 23.6 Å². The van der Waals surface area contributed by atoms with Crippen LogP contribution in [0.5, 0.6) is 0 Å². The van der Waals surface area contributed by atoms with Crippen molar-refractivity contribution >= 4 is 11.9 Å². The van der Waals surface area contributed by atoms with Crippen molar-refractivity contribution < 1.29 is 19.4 Å². The first-order valence-electron chi connectivity index (χ1n) is 6.88. The van der Waals surface area contributed by atoms with Gasteiger partial charge in [0.2, 0.25) is 0 Å². The van der Waals surface area contributed by atoms with Crippen LogP contribution in [0.4, 0.5) is 0 Å². The molecule has 4 heteroatoms. The molecule has 0 rings (SSSR count). The average molecular weight is 258 g/mol. The van der Waals surface area contributed by atoms with Gasteiger partial charge >= 0.3 is 11.9 Å². The molecule has 0 aliphatic carbocycles. The van der Waals surface area contributed by atoms with Gasteiger partial charge in [0.1, 0.15) is 0 Å². The van der Waals surface area contributed by atoms with Gasteiger partial charge < -0.3 is 0 Å². The Bertz CT molecular complexity index is 248. The minimum absolute atomic E-state index is 0.233. The van der Waals surface area contributed by atoms with Crippen LogP contribution in [-0.2, 0) is 19.4 Å². The lowest BCUT2D eigenvalue weighted by molar-refractivity contribution is -0.262. The van der Waals surface area contributed by atoms with Gasteiger partial charge in [0.15, 0.2) is 0 Å². The second-order valence-corrected chi connectivity index (χ2v) is 5.16. The highest BCUT2D eigenvalue weighted by atomic mass is 17.2. The van der Waals surface area contributed by atoms with E-state index in [-0.39, 0.29) is 5.92 Å². The number of hydrogen-bond acceptors (Lipinski definition) is 4. The van der Waals surface area contributed by atoms with Crippen LogP contribution in [0.25, 0.3) is 0 Å². The third-order valence-electron chi connectivity index (χ3n) is 2.89. The normalized spacial score (nSPS) is 12.3. The Morgan fingerprint density at radius 2 is 1.67 bits per heavy atom. The minimum atomic E-state index is -0.481. The summed E-state index contributed by atoms with van der Waals surface area (Å²) in [6.45, 7) is 7.98. The maximum Gasteiger partial charge on any atom is 0.358 e. The highest BCUT2D eigenvalue weighted by Crippen LogP contribution is 2.10. The van der Waals surface area contributed by atoms with Gasteiger partial charge in [-0.25, -0.2) is 19.4 Å². The molecule has 0 spiro atoms. The molecule has 0 aromatic rings. The molecule has 4 nitrogen and oxygen atoms in total. The molecule has 1 unspecified atom stereocenters. The van der Waals surface area contributed by atoms with Gasteiger partial charge in [-0.2, -0.15) is 0 Å². The summed E-state index contributed by atoms with van der Waals surface area (Å²) >= 11 is 0. The Balaban J connectivity index is 3.51. The Kier molecular flexibility index (Phi) is 9.33. The Hall–Kier alpha value is -1.06. The second kappa shape index (κ2) is 9.92. The molecule has 0 bridgehead atoms. The predicted octanol–water partition coefficient (Wildman–Crippen LogP) is 3.64. The van der Waals surface area contributed by atoms with Crippen molar-refractivity contribution in [2.75, 3.05) is 0 Å². The summed E-state index contributed by atoms with van der Waals surface area (Å²) in [5.74, 6) is -0.473. The Labute approximate surface area is 110 Å². The van der Waals surface area contributed by atoms with Gasteiger partial charge in [-0.05, 0) is 18.8 Å². The fraction of sp³-hybridized carbons (Fsp3) is 0.857. The number of rotatable bonds is 8. The highest BCUT2D eigenvalue weighted by molar-refractivity contribution is 5.74. The van der Waals surface area contributed by atoms with Crippen molar-refractivity contribution in [2.45, 2.75) is 66.2 Å². The molecule has 0 aliphatic heterocycles. The van der Waals surface area contributed by atoms with E-state index >= 15 is 0 Å². The number of hydrogen-bond donors (Lipinski definition) is 0. The fourth-order valence-electron chi connectivity index (χ4n) is 1.38. The van der Waals surface area contributed by atoms with Crippen LogP contribution in [0.2, 0.25) is 0 Å². The van der Waals surface area contributed by atoms with Gasteiger partial charge in [-0.3, -0.25) is 0 Å². The van der Waals surface area contributed by atoms with Gasteiger partial charge in [0.25, 0.3) is 0 Å². The molecule has 0 N–H and O–H groups in total. The fourth-order valence-corrected chi connectivity index (χ4v) is 1.38. The molecule has 0 aromatic carbocycles. The maximum atomic E-state index is 11.3. The van der Waals surface area contributed by atoms with Crippen LogP contribution < -0.4 is 0 Å². The highest BCUT2D eigenvalue weighted by Gasteiger charge is 2.15. The first-order valence-corrected chi connectivity index (χ1v) is 6.88. The van der Waals surface area contributed by atoms with Gasteiger partial charge in [-0.15, -0.1) is 0 Å². The second-order valence-electron chi connectivity index (χ2n) is 5.16. The Morgan fingerprint density at radius 3 is 2.22 bits per heavy atom. The predicted molar refractivity (Wildman–Crippen MR) is 69.6 cm³/mol. The smallest absolute Gasteiger partial charge is 0.247 e. The van der Waals surface area contributed by atoms with Crippen molar-refractivity contribution in [2.24, 2.45) is 11.8 Å². The van der Waals surface area contributed by atoms with Crippen LogP contribution in [0.1, 0.15) is 66.2 Å².